The van der Waals surface area contributed by atoms with E-state index in [4.69, 9.17) is 16.3 Å². The molecule has 1 fully saturated rings. The van der Waals surface area contributed by atoms with Crippen molar-refractivity contribution in [1.29, 1.82) is 0 Å². The van der Waals surface area contributed by atoms with Crippen LogP contribution >= 0.6 is 11.6 Å². The fourth-order valence-electron chi connectivity index (χ4n) is 2.49. The first-order valence-electron chi connectivity index (χ1n) is 6.71. The molecule has 0 aliphatic heterocycles. The molecule has 7 heteroatoms. The average Bonchev–Trinajstić information content (AvgIpc) is 2.49. The Kier molecular flexibility index (Phi) is 5.12. The second-order valence-electron chi connectivity index (χ2n) is 5.04. The molecule has 21 heavy (non-hydrogen) atoms. The maximum Gasteiger partial charge on any atom is 0.308 e. The lowest BCUT2D eigenvalue weighted by atomic mass is 9.86. The molecule has 1 amide bonds. The third-order valence-corrected chi connectivity index (χ3v) is 3.95. The lowest BCUT2D eigenvalue weighted by Crippen LogP contribution is -2.39. The quantitative estimate of drug-likeness (QED) is 0.687. The van der Waals surface area contributed by atoms with Crippen molar-refractivity contribution in [3.8, 4) is 0 Å². The Labute approximate surface area is 126 Å². The van der Waals surface area contributed by atoms with E-state index in [9.17, 15) is 14.0 Å². The molecule has 0 radical (unpaired) electrons. The van der Waals surface area contributed by atoms with Crippen molar-refractivity contribution < 1.29 is 18.7 Å². The Morgan fingerprint density at radius 1 is 1.38 bits per heavy atom. The predicted molar refractivity (Wildman–Crippen MR) is 74.4 cm³/mol. The Bertz CT molecular complexity index is 545. The van der Waals surface area contributed by atoms with Crippen molar-refractivity contribution >= 4 is 23.5 Å². The number of nitrogens with zero attached hydrogens (tertiary/aromatic N) is 1. The van der Waals surface area contributed by atoms with E-state index in [1.54, 1.807) is 0 Å². The summed E-state index contributed by atoms with van der Waals surface area (Å²) < 4.78 is 17.8. The molecule has 0 unspecified atom stereocenters. The summed E-state index contributed by atoms with van der Waals surface area (Å²) in [5, 5.41) is 2.77. The number of pyridine rings is 1. The van der Waals surface area contributed by atoms with Crippen molar-refractivity contribution in [2.24, 2.45) is 5.92 Å². The summed E-state index contributed by atoms with van der Waals surface area (Å²) >= 11 is 5.79. The number of carbonyl (C=O) groups excluding carboxylic acids is 2. The van der Waals surface area contributed by atoms with Crippen molar-refractivity contribution in [3.63, 3.8) is 0 Å². The highest BCUT2D eigenvalue weighted by atomic mass is 35.5. The average molecular weight is 315 g/mol. The summed E-state index contributed by atoms with van der Waals surface area (Å²) in [6.45, 7) is 0. The molecule has 5 nitrogen and oxygen atoms in total. The zero-order valence-corrected chi connectivity index (χ0v) is 12.3. The van der Waals surface area contributed by atoms with Crippen molar-refractivity contribution in [2.45, 2.75) is 31.7 Å². The molecule has 1 heterocycles. The molecule has 114 valence electrons. The van der Waals surface area contributed by atoms with Crippen molar-refractivity contribution in [2.75, 3.05) is 7.11 Å². The van der Waals surface area contributed by atoms with Crippen LogP contribution in [0, 0.1) is 11.7 Å². The Morgan fingerprint density at radius 2 is 2.05 bits per heavy atom. The Hall–Kier alpha value is -1.69. The lowest BCUT2D eigenvalue weighted by Gasteiger charge is -2.27. The number of methoxy groups -OCH3 is 1. The minimum absolute atomic E-state index is 0.0201. The van der Waals surface area contributed by atoms with Gasteiger partial charge in [0.1, 0.15) is 11.0 Å². The number of rotatable bonds is 3. The summed E-state index contributed by atoms with van der Waals surface area (Å²) in [6, 6.07) is 1.00. The molecule has 1 aromatic rings. The number of hydrogen-bond acceptors (Lipinski definition) is 4. The molecule has 0 bridgehead atoms. The minimum Gasteiger partial charge on any atom is -0.469 e. The first-order valence-corrected chi connectivity index (χ1v) is 7.08. The number of ether oxygens (including phenoxy) is 1. The van der Waals surface area contributed by atoms with E-state index in [1.807, 2.05) is 0 Å². The fraction of sp³-hybridized carbons (Fsp3) is 0.500. The van der Waals surface area contributed by atoms with E-state index in [0.717, 1.165) is 12.3 Å². The van der Waals surface area contributed by atoms with Gasteiger partial charge in [0.25, 0.3) is 5.91 Å². The predicted octanol–water partition coefficient (Wildman–Crippen LogP) is 2.34. The molecule has 1 aromatic heterocycles. The second kappa shape index (κ2) is 6.85. The second-order valence-corrected chi connectivity index (χ2v) is 5.40. The smallest absolute Gasteiger partial charge is 0.308 e. The summed E-state index contributed by atoms with van der Waals surface area (Å²) in [4.78, 5) is 27.1. The van der Waals surface area contributed by atoms with Crippen LogP contribution in [0.2, 0.25) is 5.15 Å². The van der Waals surface area contributed by atoms with Crippen LogP contribution < -0.4 is 5.32 Å². The zero-order chi connectivity index (χ0) is 15.4. The zero-order valence-electron chi connectivity index (χ0n) is 11.6. The Morgan fingerprint density at radius 3 is 2.67 bits per heavy atom. The van der Waals surface area contributed by atoms with Gasteiger partial charge >= 0.3 is 5.97 Å². The van der Waals surface area contributed by atoms with Crippen LogP contribution in [0.4, 0.5) is 4.39 Å². The first kappa shape index (κ1) is 15.7. The molecule has 1 aliphatic rings. The standard InChI is InChI=1S/C14H16ClFN2O3/c1-21-14(20)8-2-4-10(5-3-8)18-13(19)11-6-9(16)7-17-12(11)15/h6-8,10H,2-5H2,1H3,(H,18,19)/t8-,10-. The van der Waals surface area contributed by atoms with E-state index >= 15 is 0 Å². The van der Waals surface area contributed by atoms with Gasteiger partial charge < -0.3 is 10.1 Å². The van der Waals surface area contributed by atoms with E-state index in [2.05, 4.69) is 10.3 Å². The van der Waals surface area contributed by atoms with Crippen LogP contribution in [0.5, 0.6) is 0 Å². The highest BCUT2D eigenvalue weighted by molar-refractivity contribution is 6.32. The molecule has 0 spiro atoms. The van der Waals surface area contributed by atoms with E-state index in [0.29, 0.717) is 25.7 Å². The lowest BCUT2D eigenvalue weighted by molar-refractivity contribution is -0.146. The highest BCUT2D eigenvalue weighted by Gasteiger charge is 2.28. The molecule has 1 aliphatic carbocycles. The van der Waals surface area contributed by atoms with Crippen LogP contribution in [0.15, 0.2) is 12.3 Å². The first-order chi connectivity index (χ1) is 10.0. The number of amides is 1. The van der Waals surface area contributed by atoms with Gasteiger partial charge in [0, 0.05) is 6.04 Å². The molecule has 1 N–H and O–H groups in total. The van der Waals surface area contributed by atoms with Crippen molar-refractivity contribution in [3.05, 3.63) is 28.8 Å². The monoisotopic (exact) mass is 314 g/mol. The van der Waals surface area contributed by atoms with Crippen LogP contribution in [-0.4, -0.2) is 30.0 Å². The largest absolute Gasteiger partial charge is 0.469 e. The van der Waals surface area contributed by atoms with Crippen LogP contribution in [-0.2, 0) is 9.53 Å². The van der Waals surface area contributed by atoms with E-state index in [-0.39, 0.29) is 28.6 Å². The number of aromatic nitrogens is 1. The third kappa shape index (κ3) is 3.91. The summed E-state index contributed by atoms with van der Waals surface area (Å²) in [7, 11) is 1.37. The number of carbonyl (C=O) groups is 2. The van der Waals surface area contributed by atoms with Gasteiger partial charge in [-0.3, -0.25) is 9.59 Å². The molecule has 0 saturated heterocycles. The third-order valence-electron chi connectivity index (χ3n) is 3.65. The number of nitrogens with one attached hydrogen (secondary N) is 1. The minimum atomic E-state index is -0.612. The van der Waals surface area contributed by atoms with Gasteiger partial charge in [0.2, 0.25) is 0 Å². The molecule has 0 atom stereocenters. The van der Waals surface area contributed by atoms with Gasteiger partial charge in [-0.1, -0.05) is 11.6 Å². The van der Waals surface area contributed by atoms with E-state index < -0.39 is 11.7 Å². The van der Waals surface area contributed by atoms with Crippen LogP contribution in [0.1, 0.15) is 36.0 Å². The highest BCUT2D eigenvalue weighted by Crippen LogP contribution is 2.25. The number of halogens is 2. The summed E-state index contributed by atoms with van der Waals surface area (Å²) in [6.07, 6.45) is 3.62. The Balaban J connectivity index is 1.93. The van der Waals surface area contributed by atoms with Gasteiger partial charge in [-0.05, 0) is 31.7 Å². The van der Waals surface area contributed by atoms with Gasteiger partial charge in [-0.25, -0.2) is 9.37 Å². The van der Waals surface area contributed by atoms with Gasteiger partial charge in [0.05, 0.1) is 24.8 Å². The fourth-order valence-corrected chi connectivity index (χ4v) is 2.67. The molecular weight excluding hydrogens is 299 g/mol. The summed E-state index contributed by atoms with van der Waals surface area (Å²) in [5.41, 5.74) is 0.0201. The maximum atomic E-state index is 13.1. The molecule has 0 aromatic carbocycles. The van der Waals surface area contributed by atoms with Crippen LogP contribution in [0.25, 0.3) is 0 Å². The number of esters is 1. The van der Waals surface area contributed by atoms with Gasteiger partial charge in [-0.2, -0.15) is 0 Å². The topological polar surface area (TPSA) is 68.3 Å². The SMILES string of the molecule is COC(=O)[C@H]1CC[C@H](NC(=O)c2cc(F)cnc2Cl)CC1. The van der Waals surface area contributed by atoms with Crippen LogP contribution in [0.3, 0.4) is 0 Å². The normalized spacial score (nSPS) is 21.7. The molecule has 1 saturated carbocycles. The molecule has 2 rings (SSSR count). The summed E-state index contributed by atoms with van der Waals surface area (Å²) in [5.74, 6) is -1.38. The van der Waals surface area contributed by atoms with Gasteiger partial charge in [-0.15, -0.1) is 0 Å². The van der Waals surface area contributed by atoms with E-state index in [1.165, 1.54) is 7.11 Å². The maximum absolute atomic E-state index is 13.1. The van der Waals surface area contributed by atoms with Gasteiger partial charge in [0.15, 0.2) is 0 Å². The van der Waals surface area contributed by atoms with Crippen molar-refractivity contribution in [1.82, 2.24) is 10.3 Å². The number of hydrogen-bond donors (Lipinski definition) is 1. The molecular formula is C14H16ClFN2O3.